The van der Waals surface area contributed by atoms with Crippen LogP contribution in [0, 0.1) is 0 Å². The highest BCUT2D eigenvalue weighted by Gasteiger charge is 2.00. The summed E-state index contributed by atoms with van der Waals surface area (Å²) in [5, 5.41) is 6.51. The van der Waals surface area contributed by atoms with Gasteiger partial charge in [0, 0.05) is 12.6 Å². The number of methoxy groups -OCH3 is 1. The van der Waals surface area contributed by atoms with Crippen LogP contribution in [-0.4, -0.2) is 25.7 Å². The molecule has 0 aliphatic carbocycles. The smallest absolute Gasteiger partial charge is 0.191 e. The number of halogens is 1. The minimum Gasteiger partial charge on any atom is -0.497 e. The number of rotatable bonds is 5. The average Bonchev–Trinajstić information content (AvgIpc) is 2.36. The molecule has 2 N–H and O–H groups in total. The molecule has 4 nitrogen and oxygen atoms in total. The van der Waals surface area contributed by atoms with Gasteiger partial charge in [0.25, 0.3) is 0 Å². The summed E-state index contributed by atoms with van der Waals surface area (Å²) in [4.78, 5) is 4.54. The molecule has 1 rings (SSSR count). The highest BCUT2D eigenvalue weighted by molar-refractivity contribution is 14.0. The molecule has 108 valence electrons. The summed E-state index contributed by atoms with van der Waals surface area (Å²) in [5.74, 6) is 1.71. The Balaban J connectivity index is 0.00000324. The minimum absolute atomic E-state index is 0. The van der Waals surface area contributed by atoms with Crippen molar-refractivity contribution in [1.29, 1.82) is 0 Å². The van der Waals surface area contributed by atoms with Gasteiger partial charge in [-0.05, 0) is 38.5 Å². The number of nitrogens with zero attached hydrogens (tertiary/aromatic N) is 1. The van der Waals surface area contributed by atoms with E-state index in [0.717, 1.165) is 23.8 Å². The second kappa shape index (κ2) is 9.89. The molecule has 0 saturated carbocycles. The van der Waals surface area contributed by atoms with Crippen molar-refractivity contribution in [2.75, 3.05) is 13.7 Å². The Morgan fingerprint density at radius 3 is 2.68 bits per heavy atom. The number of ether oxygens (including phenoxy) is 1. The summed E-state index contributed by atoms with van der Waals surface area (Å²) in [6.45, 7) is 7.75. The maximum Gasteiger partial charge on any atom is 0.191 e. The van der Waals surface area contributed by atoms with Crippen molar-refractivity contribution < 1.29 is 4.74 Å². The monoisotopic (exact) mass is 377 g/mol. The lowest BCUT2D eigenvalue weighted by molar-refractivity contribution is 0.414. The summed E-state index contributed by atoms with van der Waals surface area (Å²) in [5.41, 5.74) is 1.13. The summed E-state index contributed by atoms with van der Waals surface area (Å²) < 4.78 is 5.19. The highest BCUT2D eigenvalue weighted by Crippen LogP contribution is 2.13. The highest BCUT2D eigenvalue weighted by atomic mass is 127. The predicted molar refractivity (Wildman–Crippen MR) is 91.5 cm³/mol. The van der Waals surface area contributed by atoms with Gasteiger partial charge in [-0.25, -0.2) is 4.99 Å². The summed E-state index contributed by atoms with van der Waals surface area (Å²) in [6, 6.07) is 8.33. The molecule has 0 fully saturated rings. The van der Waals surface area contributed by atoms with Crippen LogP contribution in [0.3, 0.4) is 0 Å². The average molecular weight is 377 g/mol. The van der Waals surface area contributed by atoms with E-state index in [1.807, 2.05) is 24.3 Å². The molecule has 5 heteroatoms. The van der Waals surface area contributed by atoms with E-state index in [1.165, 1.54) is 0 Å². The third kappa shape index (κ3) is 7.25. The number of hydrogen-bond acceptors (Lipinski definition) is 2. The number of benzene rings is 1. The molecule has 0 aliphatic heterocycles. The van der Waals surface area contributed by atoms with Gasteiger partial charge in [0.05, 0.1) is 13.7 Å². The molecule has 0 unspecified atom stereocenters. The van der Waals surface area contributed by atoms with Gasteiger partial charge in [-0.15, -0.1) is 24.0 Å². The SMILES string of the molecule is CCNC(=NCc1cccc(OC)c1)NC(C)C.I. The fraction of sp³-hybridized carbons (Fsp3) is 0.500. The molecule has 1 aromatic rings. The van der Waals surface area contributed by atoms with Gasteiger partial charge in [0.1, 0.15) is 5.75 Å². The van der Waals surface area contributed by atoms with E-state index < -0.39 is 0 Å². The van der Waals surface area contributed by atoms with Gasteiger partial charge < -0.3 is 15.4 Å². The van der Waals surface area contributed by atoms with Crippen LogP contribution < -0.4 is 15.4 Å². The predicted octanol–water partition coefficient (Wildman–Crippen LogP) is 2.78. The maximum absolute atomic E-state index is 5.19. The van der Waals surface area contributed by atoms with Crippen LogP contribution >= 0.6 is 24.0 Å². The van der Waals surface area contributed by atoms with Crippen LogP contribution in [0.2, 0.25) is 0 Å². The fourth-order valence-corrected chi connectivity index (χ4v) is 1.53. The van der Waals surface area contributed by atoms with Crippen molar-refractivity contribution >= 4 is 29.9 Å². The lowest BCUT2D eigenvalue weighted by Crippen LogP contribution is -2.40. The van der Waals surface area contributed by atoms with Crippen LogP contribution in [0.15, 0.2) is 29.3 Å². The maximum atomic E-state index is 5.19. The molecule has 0 amide bonds. The second-order valence-electron chi connectivity index (χ2n) is 4.35. The topological polar surface area (TPSA) is 45.7 Å². The van der Waals surface area contributed by atoms with Gasteiger partial charge in [0.2, 0.25) is 0 Å². The summed E-state index contributed by atoms with van der Waals surface area (Å²) >= 11 is 0. The summed E-state index contributed by atoms with van der Waals surface area (Å²) in [7, 11) is 1.67. The molecule has 0 heterocycles. The first kappa shape index (κ1) is 18.0. The van der Waals surface area contributed by atoms with Crippen molar-refractivity contribution in [2.24, 2.45) is 4.99 Å². The van der Waals surface area contributed by atoms with E-state index in [-0.39, 0.29) is 24.0 Å². The van der Waals surface area contributed by atoms with Crippen LogP contribution in [0.25, 0.3) is 0 Å². The first-order valence-electron chi connectivity index (χ1n) is 6.33. The number of nitrogens with one attached hydrogen (secondary N) is 2. The Labute approximate surface area is 133 Å². The van der Waals surface area contributed by atoms with Gasteiger partial charge in [-0.3, -0.25) is 0 Å². The molecule has 0 atom stereocenters. The Bertz CT molecular complexity index is 394. The van der Waals surface area contributed by atoms with Gasteiger partial charge >= 0.3 is 0 Å². The Hall–Kier alpha value is -0.980. The van der Waals surface area contributed by atoms with Gasteiger partial charge in [0.15, 0.2) is 5.96 Å². The molecule has 0 radical (unpaired) electrons. The summed E-state index contributed by atoms with van der Waals surface area (Å²) in [6.07, 6.45) is 0. The lowest BCUT2D eigenvalue weighted by atomic mass is 10.2. The molecule has 19 heavy (non-hydrogen) atoms. The molecule has 0 bridgehead atoms. The van der Waals surface area contributed by atoms with Crippen molar-refractivity contribution in [1.82, 2.24) is 10.6 Å². The number of guanidine groups is 1. The molecule has 0 aliphatic rings. The van der Waals surface area contributed by atoms with Crippen LogP contribution in [0.4, 0.5) is 0 Å². The minimum atomic E-state index is 0. The third-order valence-corrected chi connectivity index (χ3v) is 2.32. The van der Waals surface area contributed by atoms with Gasteiger partial charge in [-0.2, -0.15) is 0 Å². The normalized spacial score (nSPS) is 10.9. The van der Waals surface area contributed by atoms with Crippen LogP contribution in [-0.2, 0) is 6.54 Å². The number of hydrogen-bond donors (Lipinski definition) is 2. The zero-order valence-electron chi connectivity index (χ0n) is 12.1. The zero-order valence-corrected chi connectivity index (χ0v) is 14.4. The molecule has 1 aromatic carbocycles. The Morgan fingerprint density at radius 2 is 2.11 bits per heavy atom. The molecular formula is C14H24IN3O. The molecular weight excluding hydrogens is 353 g/mol. The first-order chi connectivity index (χ1) is 8.65. The molecule has 0 spiro atoms. The van der Waals surface area contributed by atoms with E-state index in [0.29, 0.717) is 12.6 Å². The van der Waals surface area contributed by atoms with Gasteiger partial charge in [-0.1, -0.05) is 12.1 Å². The van der Waals surface area contributed by atoms with E-state index in [9.17, 15) is 0 Å². The van der Waals surface area contributed by atoms with E-state index in [4.69, 9.17) is 4.74 Å². The Morgan fingerprint density at radius 1 is 1.37 bits per heavy atom. The molecule has 0 saturated heterocycles. The standard InChI is InChI=1S/C14H23N3O.HI/c1-5-15-14(17-11(2)3)16-10-12-7-6-8-13(9-12)18-4;/h6-9,11H,5,10H2,1-4H3,(H2,15,16,17);1H. The van der Waals surface area contributed by atoms with Crippen LogP contribution in [0.5, 0.6) is 5.75 Å². The van der Waals surface area contributed by atoms with Crippen molar-refractivity contribution in [3.05, 3.63) is 29.8 Å². The van der Waals surface area contributed by atoms with Crippen LogP contribution in [0.1, 0.15) is 26.3 Å². The van der Waals surface area contributed by atoms with Crippen molar-refractivity contribution in [3.63, 3.8) is 0 Å². The molecule has 0 aromatic heterocycles. The first-order valence-corrected chi connectivity index (χ1v) is 6.33. The quantitative estimate of drug-likeness (QED) is 0.471. The number of aliphatic imine (C=N–C) groups is 1. The second-order valence-corrected chi connectivity index (χ2v) is 4.35. The zero-order chi connectivity index (χ0) is 13.4. The van der Waals surface area contributed by atoms with E-state index in [2.05, 4.69) is 36.4 Å². The van der Waals surface area contributed by atoms with E-state index >= 15 is 0 Å². The Kier molecular flexibility index (Phi) is 9.38. The van der Waals surface area contributed by atoms with Crippen molar-refractivity contribution in [3.8, 4) is 5.75 Å². The van der Waals surface area contributed by atoms with E-state index in [1.54, 1.807) is 7.11 Å². The third-order valence-electron chi connectivity index (χ3n) is 2.32. The fourth-order valence-electron chi connectivity index (χ4n) is 1.53. The largest absolute Gasteiger partial charge is 0.497 e. The lowest BCUT2D eigenvalue weighted by Gasteiger charge is -2.14. The van der Waals surface area contributed by atoms with Crippen molar-refractivity contribution in [2.45, 2.75) is 33.4 Å².